The quantitative estimate of drug-likeness (QED) is 0.585. The third-order valence-corrected chi connectivity index (χ3v) is 5.55. The lowest BCUT2D eigenvalue weighted by Crippen LogP contribution is -2.33. The van der Waals surface area contributed by atoms with Gasteiger partial charge in [0.1, 0.15) is 11.6 Å². The maximum absolute atomic E-state index is 5.88. The Bertz CT molecular complexity index is 847. The molecule has 7 heteroatoms. The van der Waals surface area contributed by atoms with Gasteiger partial charge in [-0.2, -0.15) is 16.7 Å². The molecule has 0 amide bonds. The Balaban J connectivity index is 1.26. The summed E-state index contributed by atoms with van der Waals surface area (Å²) in [5.41, 5.74) is 0.933. The molecule has 4 rings (SSSR count). The number of rotatable bonds is 8. The van der Waals surface area contributed by atoms with Gasteiger partial charge in [-0.05, 0) is 48.9 Å². The minimum Gasteiger partial charge on any atom is -0.494 e. The molecule has 0 spiro atoms. The molecule has 146 valence electrons. The molecule has 0 unspecified atom stereocenters. The van der Waals surface area contributed by atoms with Gasteiger partial charge in [0, 0.05) is 55.4 Å². The van der Waals surface area contributed by atoms with Crippen LogP contribution in [0.5, 0.6) is 5.75 Å². The SMILES string of the molecule is c1ccn(-c2ccnc(Nc3ccc(OCCCN4CCSCC4)cc3)n2)c1. The average Bonchev–Trinajstić information content (AvgIpc) is 3.28. The van der Waals surface area contributed by atoms with E-state index in [4.69, 9.17) is 4.74 Å². The molecule has 1 N–H and O–H groups in total. The van der Waals surface area contributed by atoms with Gasteiger partial charge in [0.25, 0.3) is 0 Å². The summed E-state index contributed by atoms with van der Waals surface area (Å²) >= 11 is 2.05. The summed E-state index contributed by atoms with van der Waals surface area (Å²) < 4.78 is 7.83. The number of hydrogen-bond donors (Lipinski definition) is 1. The molecule has 0 bridgehead atoms. The highest BCUT2D eigenvalue weighted by Gasteiger charge is 2.09. The Morgan fingerprint density at radius 2 is 1.82 bits per heavy atom. The van der Waals surface area contributed by atoms with Crippen molar-refractivity contribution in [2.45, 2.75) is 6.42 Å². The van der Waals surface area contributed by atoms with Crippen LogP contribution in [0, 0.1) is 0 Å². The predicted molar refractivity (Wildman–Crippen MR) is 115 cm³/mol. The second kappa shape index (κ2) is 9.61. The normalized spacial score (nSPS) is 14.7. The zero-order valence-corrected chi connectivity index (χ0v) is 16.6. The molecule has 0 radical (unpaired) electrons. The smallest absolute Gasteiger partial charge is 0.229 e. The molecular formula is C21H25N5OS. The van der Waals surface area contributed by atoms with E-state index in [1.54, 1.807) is 6.20 Å². The molecule has 6 nitrogen and oxygen atoms in total. The molecule has 1 aliphatic rings. The fraction of sp³-hybridized carbons (Fsp3) is 0.333. The van der Waals surface area contributed by atoms with Gasteiger partial charge in [-0.15, -0.1) is 0 Å². The van der Waals surface area contributed by atoms with Crippen LogP contribution in [-0.4, -0.2) is 57.2 Å². The Morgan fingerprint density at radius 3 is 2.61 bits per heavy atom. The van der Waals surface area contributed by atoms with Crippen LogP contribution >= 0.6 is 11.8 Å². The Kier molecular flexibility index (Phi) is 6.47. The molecule has 2 aromatic heterocycles. The van der Waals surface area contributed by atoms with Crippen molar-refractivity contribution < 1.29 is 4.74 Å². The maximum atomic E-state index is 5.88. The number of nitrogens with zero attached hydrogens (tertiary/aromatic N) is 4. The predicted octanol–water partition coefficient (Wildman–Crippen LogP) is 3.83. The number of aromatic nitrogens is 3. The molecule has 1 saturated heterocycles. The molecular weight excluding hydrogens is 370 g/mol. The number of anilines is 2. The van der Waals surface area contributed by atoms with E-state index in [0.717, 1.165) is 36.8 Å². The van der Waals surface area contributed by atoms with E-state index in [9.17, 15) is 0 Å². The van der Waals surface area contributed by atoms with Gasteiger partial charge in [-0.1, -0.05) is 0 Å². The molecule has 0 aliphatic carbocycles. The van der Waals surface area contributed by atoms with E-state index >= 15 is 0 Å². The second-order valence-corrected chi connectivity index (χ2v) is 7.86. The van der Waals surface area contributed by atoms with Crippen LogP contribution in [0.25, 0.3) is 5.82 Å². The van der Waals surface area contributed by atoms with Crippen LogP contribution in [0.4, 0.5) is 11.6 Å². The first kappa shape index (κ1) is 18.8. The summed E-state index contributed by atoms with van der Waals surface area (Å²) in [5.74, 6) is 4.80. The first-order valence-corrected chi connectivity index (χ1v) is 10.8. The van der Waals surface area contributed by atoms with E-state index in [-0.39, 0.29) is 0 Å². The lowest BCUT2D eigenvalue weighted by atomic mass is 10.3. The van der Waals surface area contributed by atoms with Crippen molar-refractivity contribution in [3.05, 3.63) is 61.1 Å². The lowest BCUT2D eigenvalue weighted by molar-refractivity contribution is 0.248. The molecule has 0 atom stereocenters. The summed E-state index contributed by atoms with van der Waals surface area (Å²) in [6.07, 6.45) is 6.73. The summed E-state index contributed by atoms with van der Waals surface area (Å²) in [5, 5.41) is 3.24. The van der Waals surface area contributed by atoms with Gasteiger partial charge in [-0.3, -0.25) is 0 Å². The highest BCUT2D eigenvalue weighted by atomic mass is 32.2. The zero-order valence-electron chi connectivity index (χ0n) is 15.8. The number of thioether (sulfide) groups is 1. The molecule has 3 heterocycles. The van der Waals surface area contributed by atoms with Gasteiger partial charge in [-0.25, -0.2) is 4.98 Å². The topological polar surface area (TPSA) is 55.2 Å². The fourth-order valence-corrected chi connectivity index (χ4v) is 4.09. The Morgan fingerprint density at radius 1 is 1.04 bits per heavy atom. The van der Waals surface area contributed by atoms with Crippen molar-refractivity contribution in [1.29, 1.82) is 0 Å². The van der Waals surface area contributed by atoms with Crippen LogP contribution < -0.4 is 10.1 Å². The lowest BCUT2D eigenvalue weighted by Gasteiger charge is -2.25. The van der Waals surface area contributed by atoms with Crippen molar-refractivity contribution in [1.82, 2.24) is 19.4 Å². The van der Waals surface area contributed by atoms with Crippen LogP contribution in [0.2, 0.25) is 0 Å². The summed E-state index contributed by atoms with van der Waals surface area (Å²) in [6.45, 7) is 4.28. The first-order valence-electron chi connectivity index (χ1n) is 9.63. The third kappa shape index (κ3) is 5.27. The van der Waals surface area contributed by atoms with E-state index in [0.29, 0.717) is 5.95 Å². The highest BCUT2D eigenvalue weighted by molar-refractivity contribution is 7.99. The standard InChI is InChI=1S/C21H25N5OS/c1-2-12-26(11-1)20-8-9-22-21(24-20)23-18-4-6-19(7-5-18)27-15-3-10-25-13-16-28-17-14-25/h1-2,4-9,11-12H,3,10,13-17H2,(H,22,23,24). The van der Waals surface area contributed by atoms with Crippen molar-refractivity contribution in [3.8, 4) is 11.6 Å². The van der Waals surface area contributed by atoms with Gasteiger partial charge in [0.15, 0.2) is 0 Å². The van der Waals surface area contributed by atoms with Crippen LogP contribution in [-0.2, 0) is 0 Å². The van der Waals surface area contributed by atoms with Crippen LogP contribution in [0.1, 0.15) is 6.42 Å². The van der Waals surface area contributed by atoms with E-state index < -0.39 is 0 Å². The van der Waals surface area contributed by atoms with Gasteiger partial charge < -0.3 is 19.5 Å². The zero-order chi connectivity index (χ0) is 19.0. The summed E-state index contributed by atoms with van der Waals surface area (Å²) in [7, 11) is 0. The fourth-order valence-electron chi connectivity index (χ4n) is 3.11. The molecule has 0 saturated carbocycles. The number of benzene rings is 1. The van der Waals surface area contributed by atoms with Crippen LogP contribution in [0.15, 0.2) is 61.1 Å². The largest absolute Gasteiger partial charge is 0.494 e. The first-order chi connectivity index (χ1) is 13.9. The van der Waals surface area contributed by atoms with Crippen LogP contribution in [0.3, 0.4) is 0 Å². The highest BCUT2D eigenvalue weighted by Crippen LogP contribution is 2.19. The number of ether oxygens (including phenoxy) is 1. The minimum atomic E-state index is 0.569. The summed E-state index contributed by atoms with van der Waals surface area (Å²) in [6, 6.07) is 13.8. The number of hydrogen-bond acceptors (Lipinski definition) is 6. The summed E-state index contributed by atoms with van der Waals surface area (Å²) in [4.78, 5) is 11.4. The average molecular weight is 396 g/mol. The number of nitrogens with one attached hydrogen (secondary N) is 1. The maximum Gasteiger partial charge on any atom is 0.229 e. The Labute approximate surface area is 169 Å². The monoisotopic (exact) mass is 395 g/mol. The van der Waals surface area contributed by atoms with E-state index in [1.807, 2.05) is 71.2 Å². The van der Waals surface area contributed by atoms with Crippen molar-refractivity contribution >= 4 is 23.4 Å². The second-order valence-electron chi connectivity index (χ2n) is 6.63. The molecule has 28 heavy (non-hydrogen) atoms. The Hall–Kier alpha value is -2.51. The molecule has 1 aliphatic heterocycles. The van der Waals surface area contributed by atoms with Crippen molar-refractivity contribution in [3.63, 3.8) is 0 Å². The van der Waals surface area contributed by atoms with E-state index in [2.05, 4.69) is 20.2 Å². The van der Waals surface area contributed by atoms with Crippen molar-refractivity contribution in [2.24, 2.45) is 0 Å². The van der Waals surface area contributed by atoms with Gasteiger partial charge in [0.2, 0.25) is 5.95 Å². The van der Waals surface area contributed by atoms with Gasteiger partial charge >= 0.3 is 0 Å². The minimum absolute atomic E-state index is 0.569. The van der Waals surface area contributed by atoms with Crippen molar-refractivity contribution in [2.75, 3.05) is 43.1 Å². The molecule has 3 aromatic rings. The molecule has 1 aromatic carbocycles. The third-order valence-electron chi connectivity index (χ3n) is 4.61. The van der Waals surface area contributed by atoms with Gasteiger partial charge in [0.05, 0.1) is 6.61 Å². The molecule has 1 fully saturated rings. The van der Waals surface area contributed by atoms with E-state index in [1.165, 1.54) is 24.6 Å².